The first-order valence-corrected chi connectivity index (χ1v) is 20.4. The molecular formula is C52H41BN6O. The largest absolute Gasteiger partial charge is 0.457 e. The quantitative estimate of drug-likeness (QED) is 0.142. The summed E-state index contributed by atoms with van der Waals surface area (Å²) in [5, 5.41) is 0. The number of benzene rings is 7. The molecule has 0 saturated carbocycles. The normalized spacial score (nSPS) is 13.7. The van der Waals surface area contributed by atoms with Gasteiger partial charge < -0.3 is 24.3 Å². The fraction of sp³-hybridized carbons (Fsp3) is 0.0577. The van der Waals surface area contributed by atoms with Crippen molar-refractivity contribution in [1.82, 2.24) is 9.88 Å². The lowest BCUT2D eigenvalue weighted by Crippen LogP contribution is -2.61. The van der Waals surface area contributed by atoms with Crippen molar-refractivity contribution in [2.75, 3.05) is 33.3 Å². The second-order valence-corrected chi connectivity index (χ2v) is 15.5. The van der Waals surface area contributed by atoms with E-state index in [1.54, 1.807) is 0 Å². The average Bonchev–Trinajstić information content (AvgIpc) is 3.64. The van der Waals surface area contributed by atoms with Crippen LogP contribution in [0, 0.1) is 0 Å². The molecule has 288 valence electrons. The number of pyridine rings is 1. The molecule has 0 unspecified atom stereocenters. The molecule has 0 atom stereocenters. The predicted molar refractivity (Wildman–Crippen MR) is 248 cm³/mol. The second kappa shape index (κ2) is 14.6. The van der Waals surface area contributed by atoms with Gasteiger partial charge >= 0.3 is 0 Å². The van der Waals surface area contributed by atoms with Gasteiger partial charge in [0.05, 0.1) is 18.0 Å². The molecule has 8 heteroatoms. The van der Waals surface area contributed by atoms with Gasteiger partial charge in [-0.3, -0.25) is 4.90 Å². The Kier molecular flexibility index (Phi) is 8.62. The molecule has 60 heavy (non-hydrogen) atoms. The highest BCUT2D eigenvalue weighted by Crippen LogP contribution is 2.48. The number of fused-ring (bicyclic) bond motifs is 4. The molecular weight excluding hydrogens is 735 g/mol. The molecule has 1 aromatic heterocycles. The van der Waals surface area contributed by atoms with Crippen LogP contribution in [0.5, 0.6) is 11.5 Å². The minimum atomic E-state index is 0.0207. The van der Waals surface area contributed by atoms with Crippen LogP contribution in [-0.2, 0) is 0 Å². The van der Waals surface area contributed by atoms with Crippen molar-refractivity contribution in [2.24, 2.45) is 0 Å². The van der Waals surface area contributed by atoms with Gasteiger partial charge in [0.15, 0.2) is 0 Å². The SMILES string of the molecule is CC1=CN(C)CN1c1cccc(Oc2cccc(N(c3cc4c5c(c3)N(c3ccccc3)c3ccccc3B5c3ccccc3N4c3ccccc3)c3ccccn3)c2)c1. The highest BCUT2D eigenvalue weighted by Gasteiger charge is 2.43. The molecule has 11 rings (SSSR count). The number of nitrogens with zero attached hydrogens (tertiary/aromatic N) is 6. The first kappa shape index (κ1) is 35.5. The Hall–Kier alpha value is -7.71. The van der Waals surface area contributed by atoms with Crippen molar-refractivity contribution in [1.29, 1.82) is 0 Å². The zero-order chi connectivity index (χ0) is 40.2. The molecule has 7 nitrogen and oxygen atoms in total. The van der Waals surface area contributed by atoms with E-state index in [1.165, 1.54) is 33.5 Å². The maximum absolute atomic E-state index is 6.67. The number of rotatable bonds is 8. The zero-order valence-corrected chi connectivity index (χ0v) is 33.4. The standard InChI is InChI=1S/C52H41BN6O/c1-37-35-55(2)36-56(37)40-21-15-23-43(31-40)60-44-24-16-22-41(32-44)57(51-29-13-14-30-54-51)42-33-49-52-50(34-42)59(39-19-7-4-8-20-39)48-28-12-10-26-46(48)53(52)45-25-9-11-27-47(45)58(49)38-17-5-3-6-18-38/h3-35H,36H2,1-2H3. The van der Waals surface area contributed by atoms with E-state index in [0.717, 1.165) is 63.8 Å². The Morgan fingerprint density at radius 2 is 1.10 bits per heavy atom. The summed E-state index contributed by atoms with van der Waals surface area (Å²) in [4.78, 5) is 16.6. The Labute approximate surface area is 351 Å². The average molecular weight is 777 g/mol. The molecule has 4 heterocycles. The highest BCUT2D eigenvalue weighted by molar-refractivity contribution is 7.00. The van der Waals surface area contributed by atoms with Gasteiger partial charge in [-0.25, -0.2) is 4.98 Å². The molecule has 3 aliphatic heterocycles. The third kappa shape index (κ3) is 6.04. The van der Waals surface area contributed by atoms with E-state index in [0.29, 0.717) is 0 Å². The summed E-state index contributed by atoms with van der Waals surface area (Å²) in [5.41, 5.74) is 14.8. The van der Waals surface area contributed by atoms with Crippen molar-refractivity contribution < 1.29 is 4.74 Å². The smallest absolute Gasteiger partial charge is 0.252 e. The molecule has 0 fully saturated rings. The summed E-state index contributed by atoms with van der Waals surface area (Å²) in [6, 6.07) is 66.6. The Bertz CT molecular complexity index is 2790. The number of aromatic nitrogens is 1. The highest BCUT2D eigenvalue weighted by atomic mass is 16.5. The fourth-order valence-electron chi connectivity index (χ4n) is 9.21. The van der Waals surface area contributed by atoms with Gasteiger partial charge in [0, 0.05) is 77.1 Å². The van der Waals surface area contributed by atoms with Crippen molar-refractivity contribution in [3.63, 3.8) is 0 Å². The topological polar surface area (TPSA) is 38.3 Å². The van der Waals surface area contributed by atoms with E-state index >= 15 is 0 Å². The first-order chi connectivity index (χ1) is 29.6. The zero-order valence-electron chi connectivity index (χ0n) is 33.4. The van der Waals surface area contributed by atoms with Crippen LogP contribution in [0.4, 0.5) is 57.0 Å². The molecule has 8 aromatic rings. The number of hydrogen-bond donors (Lipinski definition) is 0. The third-order valence-electron chi connectivity index (χ3n) is 11.7. The summed E-state index contributed by atoms with van der Waals surface area (Å²) in [6.45, 7) is 2.96. The summed E-state index contributed by atoms with van der Waals surface area (Å²) < 4.78 is 6.67. The van der Waals surface area contributed by atoms with E-state index in [4.69, 9.17) is 9.72 Å². The number of ether oxygens (including phenoxy) is 1. The van der Waals surface area contributed by atoms with Crippen LogP contribution in [0.2, 0.25) is 0 Å². The Morgan fingerprint density at radius 1 is 0.533 bits per heavy atom. The molecule has 0 bridgehead atoms. The molecule has 0 N–H and O–H groups in total. The van der Waals surface area contributed by atoms with E-state index in [9.17, 15) is 0 Å². The van der Waals surface area contributed by atoms with Crippen LogP contribution in [0.15, 0.2) is 206 Å². The Morgan fingerprint density at radius 3 is 1.70 bits per heavy atom. The Balaban J connectivity index is 1.11. The molecule has 3 aliphatic rings. The van der Waals surface area contributed by atoms with Crippen molar-refractivity contribution in [3.8, 4) is 11.5 Å². The van der Waals surface area contributed by atoms with Gasteiger partial charge in [-0.15, -0.1) is 0 Å². The molecule has 7 aromatic carbocycles. The lowest BCUT2D eigenvalue weighted by Gasteiger charge is -2.44. The van der Waals surface area contributed by atoms with Gasteiger partial charge in [0.2, 0.25) is 0 Å². The fourth-order valence-corrected chi connectivity index (χ4v) is 9.21. The van der Waals surface area contributed by atoms with Crippen LogP contribution in [-0.4, -0.2) is 30.3 Å². The summed E-state index contributed by atoms with van der Waals surface area (Å²) in [5.74, 6) is 2.30. The van der Waals surface area contributed by atoms with Crippen LogP contribution in [0.3, 0.4) is 0 Å². The van der Waals surface area contributed by atoms with E-state index in [2.05, 4.69) is 208 Å². The molecule has 0 spiro atoms. The molecule has 0 radical (unpaired) electrons. The van der Waals surface area contributed by atoms with Crippen LogP contribution >= 0.6 is 0 Å². The van der Waals surface area contributed by atoms with Crippen LogP contribution in [0.25, 0.3) is 0 Å². The minimum absolute atomic E-state index is 0.0207. The van der Waals surface area contributed by atoms with Gasteiger partial charge in [-0.05, 0) is 108 Å². The van der Waals surface area contributed by atoms with Gasteiger partial charge in [0.25, 0.3) is 6.71 Å². The van der Waals surface area contributed by atoms with Crippen molar-refractivity contribution in [2.45, 2.75) is 6.92 Å². The lowest BCUT2D eigenvalue weighted by molar-refractivity contribution is 0.481. The summed E-state index contributed by atoms with van der Waals surface area (Å²) in [6.07, 6.45) is 4.02. The second-order valence-electron chi connectivity index (χ2n) is 15.5. The molecule has 0 saturated heterocycles. The number of para-hydroxylation sites is 4. The van der Waals surface area contributed by atoms with Gasteiger partial charge in [0.1, 0.15) is 17.3 Å². The summed E-state index contributed by atoms with van der Waals surface area (Å²) >= 11 is 0. The maximum Gasteiger partial charge on any atom is 0.252 e. The van der Waals surface area contributed by atoms with Crippen LogP contribution in [0.1, 0.15) is 6.92 Å². The van der Waals surface area contributed by atoms with Gasteiger partial charge in [-0.2, -0.15) is 0 Å². The van der Waals surface area contributed by atoms with E-state index in [1.807, 2.05) is 30.5 Å². The molecule has 0 aliphatic carbocycles. The predicted octanol–water partition coefficient (Wildman–Crippen LogP) is 11.0. The van der Waals surface area contributed by atoms with Crippen LogP contribution < -0.4 is 40.7 Å². The lowest BCUT2D eigenvalue weighted by atomic mass is 9.33. The number of anilines is 10. The number of hydrogen-bond acceptors (Lipinski definition) is 7. The van der Waals surface area contributed by atoms with Crippen molar-refractivity contribution >= 4 is 80.1 Å². The maximum atomic E-state index is 6.67. The summed E-state index contributed by atoms with van der Waals surface area (Å²) in [7, 11) is 2.09. The monoisotopic (exact) mass is 776 g/mol. The van der Waals surface area contributed by atoms with E-state index < -0.39 is 0 Å². The number of allylic oxidation sites excluding steroid dienone is 1. The van der Waals surface area contributed by atoms with E-state index in [-0.39, 0.29) is 6.71 Å². The van der Waals surface area contributed by atoms with Crippen molar-refractivity contribution in [3.05, 3.63) is 206 Å². The minimum Gasteiger partial charge on any atom is -0.457 e. The van der Waals surface area contributed by atoms with Gasteiger partial charge in [-0.1, -0.05) is 91.0 Å². The molecule has 0 amide bonds. The first-order valence-electron chi connectivity index (χ1n) is 20.4. The third-order valence-corrected chi connectivity index (χ3v) is 11.7.